The molecule has 0 radical (unpaired) electrons. The molecule has 17 heavy (non-hydrogen) atoms. The lowest BCUT2D eigenvalue weighted by Crippen LogP contribution is -2.37. The Morgan fingerprint density at radius 3 is 2.24 bits per heavy atom. The summed E-state index contributed by atoms with van der Waals surface area (Å²) in [5.41, 5.74) is 0.669. The Morgan fingerprint density at radius 2 is 1.82 bits per heavy atom. The Balaban J connectivity index is 2.68. The van der Waals surface area contributed by atoms with E-state index in [1.54, 1.807) is 23.9 Å². The molecule has 0 aromatic heterocycles. The fraction of sp³-hybridized carbons (Fsp3) is 0.364. The van der Waals surface area contributed by atoms with Crippen LogP contribution in [0.2, 0.25) is 0 Å². The molecule has 0 aliphatic carbocycles. The Hall–Kier alpha value is -1.17. The number of rotatable bonds is 3. The van der Waals surface area contributed by atoms with Crippen LogP contribution in [0, 0.1) is 0 Å². The summed E-state index contributed by atoms with van der Waals surface area (Å²) in [5.74, 6) is -1.83. The smallest absolute Gasteiger partial charge is 0.334 e. The first kappa shape index (κ1) is 13.9. The Labute approximate surface area is 102 Å². The highest BCUT2D eigenvalue weighted by atomic mass is 32.2. The average molecular weight is 263 g/mol. The minimum Gasteiger partial charge on any atom is -0.334 e. The lowest BCUT2D eigenvalue weighted by molar-refractivity contribution is -0.184. The summed E-state index contributed by atoms with van der Waals surface area (Å²) < 4.78 is 36.4. The molecule has 6 heteroatoms. The third-order valence-electron chi connectivity index (χ3n) is 2.17. The number of nitrogens with zero attached hydrogens (tertiary/aromatic N) is 1. The predicted molar refractivity (Wildman–Crippen MR) is 60.8 cm³/mol. The van der Waals surface area contributed by atoms with Gasteiger partial charge in [-0.2, -0.15) is 13.2 Å². The van der Waals surface area contributed by atoms with Crippen molar-refractivity contribution >= 4 is 17.7 Å². The van der Waals surface area contributed by atoms with Gasteiger partial charge < -0.3 is 4.90 Å². The van der Waals surface area contributed by atoms with Gasteiger partial charge in [0.1, 0.15) is 0 Å². The zero-order valence-electron chi connectivity index (χ0n) is 9.41. The molecule has 0 saturated carbocycles. The highest BCUT2D eigenvalue weighted by molar-refractivity contribution is 7.98. The molecule has 0 N–H and O–H groups in total. The second-order valence-corrected chi connectivity index (χ2v) is 4.39. The molecular formula is C11H12F3NOS. The van der Waals surface area contributed by atoms with Crippen molar-refractivity contribution in [2.45, 2.75) is 17.6 Å². The van der Waals surface area contributed by atoms with Crippen LogP contribution in [0.3, 0.4) is 0 Å². The van der Waals surface area contributed by atoms with E-state index in [1.165, 1.54) is 0 Å². The van der Waals surface area contributed by atoms with Gasteiger partial charge in [-0.05, 0) is 24.0 Å². The van der Waals surface area contributed by atoms with Crippen LogP contribution in [0.25, 0.3) is 0 Å². The van der Waals surface area contributed by atoms with Gasteiger partial charge >= 0.3 is 12.1 Å². The molecule has 0 fully saturated rings. The van der Waals surface area contributed by atoms with E-state index < -0.39 is 12.1 Å². The molecular weight excluding hydrogens is 251 g/mol. The van der Waals surface area contributed by atoms with E-state index in [9.17, 15) is 18.0 Å². The number of halogens is 3. The fourth-order valence-corrected chi connectivity index (χ4v) is 1.70. The summed E-state index contributed by atoms with van der Waals surface area (Å²) >= 11 is 1.55. The van der Waals surface area contributed by atoms with Crippen molar-refractivity contribution in [1.29, 1.82) is 0 Å². The highest BCUT2D eigenvalue weighted by Gasteiger charge is 2.41. The topological polar surface area (TPSA) is 20.3 Å². The van der Waals surface area contributed by atoms with Crippen LogP contribution in [0.1, 0.15) is 5.56 Å². The third-order valence-corrected chi connectivity index (χ3v) is 2.91. The van der Waals surface area contributed by atoms with Gasteiger partial charge in [0.25, 0.3) is 0 Å². The molecule has 94 valence electrons. The van der Waals surface area contributed by atoms with E-state index >= 15 is 0 Å². The van der Waals surface area contributed by atoms with Gasteiger partial charge in [0.05, 0.1) is 0 Å². The maximum atomic E-state index is 12.1. The second-order valence-electron chi connectivity index (χ2n) is 3.51. The molecule has 1 rings (SSSR count). The Kier molecular flexibility index (Phi) is 4.45. The molecule has 0 unspecified atom stereocenters. The average Bonchev–Trinajstić information content (AvgIpc) is 2.27. The van der Waals surface area contributed by atoms with Crippen LogP contribution in [0.5, 0.6) is 0 Å². The van der Waals surface area contributed by atoms with Crippen molar-refractivity contribution in [2.24, 2.45) is 0 Å². The molecule has 0 aliphatic rings. The van der Waals surface area contributed by atoms with E-state index in [0.29, 0.717) is 10.5 Å². The van der Waals surface area contributed by atoms with E-state index in [4.69, 9.17) is 0 Å². The Morgan fingerprint density at radius 1 is 1.29 bits per heavy atom. The lowest BCUT2D eigenvalue weighted by Gasteiger charge is -2.18. The summed E-state index contributed by atoms with van der Waals surface area (Å²) in [7, 11) is 1.14. The molecule has 0 saturated heterocycles. The SMILES string of the molecule is CSc1ccc(CN(C)C(=O)C(F)(F)F)cc1. The highest BCUT2D eigenvalue weighted by Crippen LogP contribution is 2.20. The van der Waals surface area contributed by atoms with Gasteiger partial charge in [-0.3, -0.25) is 4.79 Å². The number of alkyl halides is 3. The number of hydrogen-bond donors (Lipinski definition) is 0. The summed E-state index contributed by atoms with van der Waals surface area (Å²) in [5, 5.41) is 0. The van der Waals surface area contributed by atoms with E-state index in [2.05, 4.69) is 0 Å². The van der Waals surface area contributed by atoms with Gasteiger partial charge in [-0.25, -0.2) is 0 Å². The first-order chi connectivity index (χ1) is 7.84. The summed E-state index contributed by atoms with van der Waals surface area (Å²) in [6.45, 7) is -0.0486. The Bertz CT molecular complexity index is 389. The number of carbonyl (C=O) groups is 1. The first-order valence-electron chi connectivity index (χ1n) is 4.80. The van der Waals surface area contributed by atoms with Gasteiger partial charge in [0.2, 0.25) is 0 Å². The number of amides is 1. The van der Waals surface area contributed by atoms with Gasteiger partial charge in [-0.15, -0.1) is 11.8 Å². The standard InChI is InChI=1S/C11H12F3NOS/c1-15(10(16)11(12,13)14)7-8-3-5-9(17-2)6-4-8/h3-6H,7H2,1-2H3. The van der Waals surface area contributed by atoms with Crippen LogP contribution in [-0.4, -0.2) is 30.3 Å². The van der Waals surface area contributed by atoms with E-state index in [0.717, 1.165) is 11.9 Å². The zero-order valence-corrected chi connectivity index (χ0v) is 10.2. The lowest BCUT2D eigenvalue weighted by atomic mass is 10.2. The van der Waals surface area contributed by atoms with Gasteiger partial charge in [0.15, 0.2) is 0 Å². The number of carbonyl (C=O) groups excluding carboxylic acids is 1. The molecule has 0 aliphatic heterocycles. The molecule has 0 spiro atoms. The largest absolute Gasteiger partial charge is 0.471 e. The molecule has 0 atom stereocenters. The normalized spacial score (nSPS) is 11.4. The molecule has 1 aromatic carbocycles. The van der Waals surface area contributed by atoms with Crippen molar-refractivity contribution < 1.29 is 18.0 Å². The maximum absolute atomic E-state index is 12.1. The second kappa shape index (κ2) is 5.44. The molecule has 1 amide bonds. The summed E-state index contributed by atoms with van der Waals surface area (Å²) in [6, 6.07) is 7.05. The van der Waals surface area contributed by atoms with Crippen LogP contribution in [-0.2, 0) is 11.3 Å². The minimum atomic E-state index is -4.81. The van der Waals surface area contributed by atoms with Crippen LogP contribution >= 0.6 is 11.8 Å². The van der Waals surface area contributed by atoms with Gasteiger partial charge in [-0.1, -0.05) is 12.1 Å². The van der Waals surface area contributed by atoms with Gasteiger partial charge in [0, 0.05) is 18.5 Å². The van der Waals surface area contributed by atoms with Crippen molar-refractivity contribution in [1.82, 2.24) is 4.90 Å². The zero-order chi connectivity index (χ0) is 13.1. The van der Waals surface area contributed by atoms with Crippen molar-refractivity contribution in [3.8, 4) is 0 Å². The number of hydrogen-bond acceptors (Lipinski definition) is 2. The molecule has 0 heterocycles. The summed E-state index contributed by atoms with van der Waals surface area (Å²) in [4.78, 5) is 12.6. The number of benzene rings is 1. The first-order valence-corrected chi connectivity index (χ1v) is 6.02. The van der Waals surface area contributed by atoms with Crippen molar-refractivity contribution in [3.05, 3.63) is 29.8 Å². The van der Waals surface area contributed by atoms with Crippen LogP contribution < -0.4 is 0 Å². The fourth-order valence-electron chi connectivity index (χ4n) is 1.29. The molecule has 1 aromatic rings. The van der Waals surface area contributed by atoms with E-state index in [1.807, 2.05) is 18.4 Å². The molecule has 0 bridgehead atoms. The molecule has 2 nitrogen and oxygen atoms in total. The van der Waals surface area contributed by atoms with E-state index in [-0.39, 0.29) is 6.54 Å². The van der Waals surface area contributed by atoms with Crippen LogP contribution in [0.15, 0.2) is 29.2 Å². The quantitative estimate of drug-likeness (QED) is 0.781. The maximum Gasteiger partial charge on any atom is 0.471 e. The monoisotopic (exact) mass is 263 g/mol. The van der Waals surface area contributed by atoms with Crippen molar-refractivity contribution in [2.75, 3.05) is 13.3 Å². The van der Waals surface area contributed by atoms with Crippen LogP contribution in [0.4, 0.5) is 13.2 Å². The van der Waals surface area contributed by atoms with Crippen molar-refractivity contribution in [3.63, 3.8) is 0 Å². The summed E-state index contributed by atoms with van der Waals surface area (Å²) in [6.07, 6.45) is -2.90. The predicted octanol–water partition coefficient (Wildman–Crippen LogP) is 2.93. The third kappa shape index (κ3) is 3.96. The minimum absolute atomic E-state index is 0.0486. The number of thioether (sulfide) groups is 1.